The maximum Gasteiger partial charge on any atom is 0.298 e. The largest absolute Gasteiger partial charge is 0.399 e. The molecule has 1 aromatic carbocycles. The quantitative estimate of drug-likeness (QED) is 0.721. The van der Waals surface area contributed by atoms with Crippen LogP contribution >= 0.6 is 0 Å². The molecule has 0 aliphatic heterocycles. The van der Waals surface area contributed by atoms with Crippen LogP contribution in [-0.4, -0.2) is 14.0 Å². The van der Waals surface area contributed by atoms with Gasteiger partial charge < -0.3 is 10.1 Å². The number of aromatic nitrogens is 3. The Morgan fingerprint density at radius 2 is 2.10 bits per heavy atom. The normalized spacial score (nSPS) is 14.8. The van der Waals surface area contributed by atoms with Crippen LogP contribution in [0.15, 0.2) is 47.7 Å². The molecule has 0 saturated heterocycles. The maximum absolute atomic E-state index is 12.5. The van der Waals surface area contributed by atoms with Gasteiger partial charge in [-0.05, 0) is 31.0 Å². The molecule has 0 amide bonds. The molecule has 1 fully saturated rings. The van der Waals surface area contributed by atoms with Crippen LogP contribution in [0.1, 0.15) is 24.5 Å². The second kappa shape index (κ2) is 3.96. The summed E-state index contributed by atoms with van der Waals surface area (Å²) in [6.07, 6.45) is 7.92. The average molecular weight is 266 g/mol. The Hall–Kier alpha value is -2.56. The van der Waals surface area contributed by atoms with Gasteiger partial charge in [0.1, 0.15) is 0 Å². The van der Waals surface area contributed by atoms with Gasteiger partial charge >= 0.3 is 0 Å². The summed E-state index contributed by atoms with van der Waals surface area (Å²) in [6, 6.07) is 7.28. The van der Waals surface area contributed by atoms with Gasteiger partial charge in [0.25, 0.3) is 5.56 Å². The third-order valence-electron chi connectivity index (χ3n) is 3.68. The molecule has 0 radical (unpaired) electrons. The zero-order chi connectivity index (χ0) is 13.7. The van der Waals surface area contributed by atoms with Gasteiger partial charge in [-0.3, -0.25) is 9.36 Å². The zero-order valence-corrected chi connectivity index (χ0v) is 10.9. The standard InChI is InChI=1S/C15H14N4O/c16-11-2-1-3-12(8-11)19-7-6-18-9-13(10-4-5-10)17-14(18)15(19)20/h1-3,6-10H,4-5,16H2. The van der Waals surface area contributed by atoms with Gasteiger partial charge in [-0.1, -0.05) is 6.07 Å². The molecule has 3 aromatic rings. The molecule has 2 aromatic heterocycles. The Morgan fingerprint density at radius 1 is 1.25 bits per heavy atom. The summed E-state index contributed by atoms with van der Waals surface area (Å²) in [7, 11) is 0. The Bertz CT molecular complexity index is 858. The molecular formula is C15H14N4O. The number of fused-ring (bicyclic) bond motifs is 1. The van der Waals surface area contributed by atoms with E-state index in [1.807, 2.05) is 24.5 Å². The average Bonchev–Trinajstić information content (AvgIpc) is 3.19. The summed E-state index contributed by atoms with van der Waals surface area (Å²) >= 11 is 0. The van der Waals surface area contributed by atoms with E-state index in [0.29, 0.717) is 17.3 Å². The molecule has 1 saturated carbocycles. The molecule has 5 nitrogen and oxygen atoms in total. The minimum absolute atomic E-state index is 0.120. The Kier molecular flexibility index (Phi) is 2.24. The summed E-state index contributed by atoms with van der Waals surface area (Å²) < 4.78 is 3.38. The van der Waals surface area contributed by atoms with Crippen molar-refractivity contribution < 1.29 is 0 Å². The monoisotopic (exact) mass is 266 g/mol. The number of benzene rings is 1. The van der Waals surface area contributed by atoms with E-state index in [4.69, 9.17) is 5.73 Å². The molecule has 100 valence electrons. The van der Waals surface area contributed by atoms with Crippen molar-refractivity contribution in [1.29, 1.82) is 0 Å². The number of nitrogens with zero attached hydrogens (tertiary/aromatic N) is 3. The van der Waals surface area contributed by atoms with Gasteiger partial charge in [-0.15, -0.1) is 0 Å². The van der Waals surface area contributed by atoms with Crippen LogP contribution in [0, 0.1) is 0 Å². The molecule has 0 spiro atoms. The topological polar surface area (TPSA) is 65.3 Å². The fourth-order valence-corrected chi connectivity index (χ4v) is 2.45. The van der Waals surface area contributed by atoms with Crippen LogP contribution in [0.5, 0.6) is 0 Å². The lowest BCUT2D eigenvalue weighted by Gasteiger charge is -2.06. The highest BCUT2D eigenvalue weighted by molar-refractivity contribution is 5.49. The first-order valence-electron chi connectivity index (χ1n) is 6.68. The Morgan fingerprint density at radius 3 is 2.85 bits per heavy atom. The molecule has 1 aliphatic rings. The summed E-state index contributed by atoms with van der Waals surface area (Å²) in [4.78, 5) is 17.0. The van der Waals surface area contributed by atoms with Crippen LogP contribution in [0.25, 0.3) is 11.3 Å². The van der Waals surface area contributed by atoms with Crippen LogP contribution < -0.4 is 11.3 Å². The first-order chi connectivity index (χ1) is 9.72. The fourth-order valence-electron chi connectivity index (χ4n) is 2.45. The van der Waals surface area contributed by atoms with Crippen LogP contribution in [-0.2, 0) is 0 Å². The van der Waals surface area contributed by atoms with Gasteiger partial charge in [0.05, 0.1) is 11.4 Å². The minimum atomic E-state index is -0.120. The number of nitrogens with two attached hydrogens (primary N) is 1. The second-order valence-corrected chi connectivity index (χ2v) is 5.24. The molecule has 4 rings (SSSR count). The SMILES string of the molecule is Nc1cccc(-n2ccn3cc(C4CC4)nc3c2=O)c1. The fraction of sp³-hybridized carbons (Fsp3) is 0.200. The van der Waals surface area contributed by atoms with Crippen molar-refractivity contribution in [3.63, 3.8) is 0 Å². The zero-order valence-electron chi connectivity index (χ0n) is 10.9. The predicted octanol–water partition coefficient (Wildman–Crippen LogP) is 1.94. The highest BCUT2D eigenvalue weighted by atomic mass is 16.1. The van der Waals surface area contributed by atoms with Crippen molar-refractivity contribution >= 4 is 11.3 Å². The van der Waals surface area contributed by atoms with E-state index in [1.54, 1.807) is 27.3 Å². The maximum atomic E-state index is 12.5. The van der Waals surface area contributed by atoms with E-state index in [-0.39, 0.29) is 5.56 Å². The number of nitrogen functional groups attached to an aromatic ring is 1. The number of anilines is 1. The van der Waals surface area contributed by atoms with Crippen molar-refractivity contribution in [3.05, 3.63) is 58.9 Å². The number of hydrogen-bond donors (Lipinski definition) is 1. The van der Waals surface area contributed by atoms with E-state index in [0.717, 1.165) is 11.4 Å². The van der Waals surface area contributed by atoms with Crippen molar-refractivity contribution in [1.82, 2.24) is 14.0 Å². The lowest BCUT2D eigenvalue weighted by molar-refractivity contribution is 0.950. The van der Waals surface area contributed by atoms with Crippen molar-refractivity contribution in [2.24, 2.45) is 0 Å². The van der Waals surface area contributed by atoms with E-state index < -0.39 is 0 Å². The van der Waals surface area contributed by atoms with Crippen molar-refractivity contribution in [3.8, 4) is 5.69 Å². The lowest BCUT2D eigenvalue weighted by Crippen LogP contribution is -2.20. The van der Waals surface area contributed by atoms with Crippen molar-refractivity contribution in [2.45, 2.75) is 18.8 Å². The minimum Gasteiger partial charge on any atom is -0.399 e. The third kappa shape index (κ3) is 1.71. The molecular weight excluding hydrogens is 252 g/mol. The smallest absolute Gasteiger partial charge is 0.298 e. The molecule has 20 heavy (non-hydrogen) atoms. The Labute approximate surface area is 115 Å². The molecule has 0 bridgehead atoms. The van der Waals surface area contributed by atoms with Crippen LogP contribution in [0.2, 0.25) is 0 Å². The van der Waals surface area contributed by atoms with E-state index in [1.165, 1.54) is 12.8 Å². The van der Waals surface area contributed by atoms with Crippen molar-refractivity contribution in [2.75, 3.05) is 5.73 Å². The van der Waals surface area contributed by atoms with Gasteiger partial charge in [-0.25, -0.2) is 4.98 Å². The molecule has 2 heterocycles. The van der Waals surface area contributed by atoms with Crippen LogP contribution in [0.4, 0.5) is 5.69 Å². The van der Waals surface area contributed by atoms with Crippen LogP contribution in [0.3, 0.4) is 0 Å². The molecule has 1 aliphatic carbocycles. The predicted molar refractivity (Wildman–Crippen MR) is 77.2 cm³/mol. The Balaban J connectivity index is 1.92. The van der Waals surface area contributed by atoms with Gasteiger partial charge in [0.2, 0.25) is 5.65 Å². The first kappa shape index (κ1) is 11.3. The summed E-state index contributed by atoms with van der Waals surface area (Å²) in [5, 5.41) is 0. The molecule has 5 heteroatoms. The molecule has 2 N–H and O–H groups in total. The molecule has 0 unspecified atom stereocenters. The summed E-state index contributed by atoms with van der Waals surface area (Å²) in [6.45, 7) is 0. The first-order valence-corrected chi connectivity index (χ1v) is 6.68. The molecule has 0 atom stereocenters. The van der Waals surface area contributed by atoms with Gasteiger partial charge in [0, 0.05) is 30.2 Å². The van der Waals surface area contributed by atoms with E-state index in [9.17, 15) is 4.79 Å². The number of rotatable bonds is 2. The third-order valence-corrected chi connectivity index (χ3v) is 3.68. The van der Waals surface area contributed by atoms with Gasteiger partial charge in [0.15, 0.2) is 0 Å². The summed E-state index contributed by atoms with van der Waals surface area (Å²) in [5.41, 5.74) is 8.54. The summed E-state index contributed by atoms with van der Waals surface area (Å²) in [5.74, 6) is 0.537. The highest BCUT2D eigenvalue weighted by Gasteiger charge is 2.26. The number of imidazole rings is 1. The second-order valence-electron chi connectivity index (χ2n) is 5.24. The highest BCUT2D eigenvalue weighted by Crippen LogP contribution is 2.39. The van der Waals surface area contributed by atoms with E-state index in [2.05, 4.69) is 4.98 Å². The van der Waals surface area contributed by atoms with Gasteiger partial charge in [-0.2, -0.15) is 0 Å². The lowest BCUT2D eigenvalue weighted by atomic mass is 10.3. The number of hydrogen-bond acceptors (Lipinski definition) is 3. The van der Waals surface area contributed by atoms with E-state index >= 15 is 0 Å².